The molecule has 0 atom stereocenters. The number of hydrogen-bond donors (Lipinski definition) is 0. The van der Waals surface area contributed by atoms with Crippen molar-refractivity contribution >= 4 is 0 Å². The van der Waals surface area contributed by atoms with Crippen LogP contribution in [0.1, 0.15) is 30.5 Å². The summed E-state index contributed by atoms with van der Waals surface area (Å²) in [6.45, 7) is 4.49. The van der Waals surface area contributed by atoms with E-state index in [2.05, 4.69) is 90.5 Å². The van der Waals surface area contributed by atoms with Gasteiger partial charge >= 0.3 is 0 Å². The molecule has 1 aliphatic rings. The standard InChI is InChI=1S/C53H36N6/c1-53(2)48-25-34(33-54)13-15-46(48)47-16-14-39(32-49(47)53)42-29-44(43-27-40(35-17-21-55-22-18-35)26-41(28-43)36-19-23-56-24-20-36)31-45(30-42)52-58-50(37-9-5-3-6-10-37)57-51(59-52)38-11-7-4-8-12-38/h3-32H,1-2H3. The third-order valence-electron chi connectivity index (χ3n) is 11.3. The summed E-state index contributed by atoms with van der Waals surface area (Å²) in [4.78, 5) is 23.9. The molecule has 278 valence electrons. The van der Waals surface area contributed by atoms with Crippen molar-refractivity contribution in [1.29, 1.82) is 5.26 Å². The summed E-state index contributed by atoms with van der Waals surface area (Å²) in [5.41, 5.74) is 16.3. The highest BCUT2D eigenvalue weighted by Gasteiger charge is 2.36. The molecule has 59 heavy (non-hydrogen) atoms. The van der Waals surface area contributed by atoms with E-state index in [1.54, 1.807) is 0 Å². The van der Waals surface area contributed by atoms with Gasteiger partial charge in [0.05, 0.1) is 11.6 Å². The Labute approximate surface area is 343 Å². The van der Waals surface area contributed by atoms with Crippen molar-refractivity contribution in [3.05, 3.63) is 199 Å². The summed E-state index contributed by atoms with van der Waals surface area (Å²) < 4.78 is 0. The fraction of sp³-hybridized carbons (Fsp3) is 0.0566. The fourth-order valence-electron chi connectivity index (χ4n) is 8.23. The van der Waals surface area contributed by atoms with Gasteiger partial charge in [0.15, 0.2) is 17.5 Å². The minimum Gasteiger partial charge on any atom is -0.265 e. The summed E-state index contributed by atoms with van der Waals surface area (Å²) in [6.07, 6.45) is 7.32. The lowest BCUT2D eigenvalue weighted by Gasteiger charge is -2.22. The zero-order valence-electron chi connectivity index (χ0n) is 32.5. The molecular weight excluding hydrogens is 721 g/mol. The maximum atomic E-state index is 9.75. The van der Waals surface area contributed by atoms with Gasteiger partial charge < -0.3 is 0 Å². The molecule has 6 heteroatoms. The summed E-state index contributed by atoms with van der Waals surface area (Å²) in [5.74, 6) is 1.79. The van der Waals surface area contributed by atoms with Gasteiger partial charge in [0.25, 0.3) is 0 Å². The van der Waals surface area contributed by atoms with Crippen molar-refractivity contribution in [2.75, 3.05) is 0 Å². The lowest BCUT2D eigenvalue weighted by atomic mass is 9.81. The quantitative estimate of drug-likeness (QED) is 0.161. The molecule has 0 fully saturated rings. The molecule has 6 aromatic carbocycles. The van der Waals surface area contributed by atoms with Crippen LogP contribution in [-0.2, 0) is 5.41 Å². The normalized spacial score (nSPS) is 12.4. The van der Waals surface area contributed by atoms with Crippen LogP contribution in [0.5, 0.6) is 0 Å². The van der Waals surface area contributed by atoms with E-state index >= 15 is 0 Å². The van der Waals surface area contributed by atoms with Gasteiger partial charge in [-0.1, -0.05) is 92.7 Å². The van der Waals surface area contributed by atoms with Crippen molar-refractivity contribution in [2.24, 2.45) is 0 Å². The third-order valence-corrected chi connectivity index (χ3v) is 11.3. The zero-order chi connectivity index (χ0) is 39.9. The summed E-state index contributed by atoms with van der Waals surface area (Å²) in [6, 6.07) is 56.8. The lowest BCUT2D eigenvalue weighted by molar-refractivity contribution is 0.660. The number of nitriles is 1. The molecule has 9 aromatic rings. The van der Waals surface area contributed by atoms with Crippen LogP contribution in [0.2, 0.25) is 0 Å². The lowest BCUT2D eigenvalue weighted by Crippen LogP contribution is -2.15. The number of rotatable bonds is 7. The minimum atomic E-state index is -0.296. The highest BCUT2D eigenvalue weighted by Crippen LogP contribution is 2.50. The molecule has 3 aromatic heterocycles. The number of nitrogens with zero attached hydrogens (tertiary/aromatic N) is 6. The first-order chi connectivity index (χ1) is 28.9. The van der Waals surface area contributed by atoms with Gasteiger partial charge in [-0.05, 0) is 146 Å². The van der Waals surface area contributed by atoms with Crippen LogP contribution in [0.3, 0.4) is 0 Å². The molecule has 0 amide bonds. The Morgan fingerprint density at radius 2 is 0.780 bits per heavy atom. The predicted octanol–water partition coefficient (Wildman–Crippen LogP) is 12.5. The van der Waals surface area contributed by atoms with E-state index in [-0.39, 0.29) is 5.41 Å². The van der Waals surface area contributed by atoms with Crippen LogP contribution in [-0.4, -0.2) is 24.9 Å². The Hall–Kier alpha value is -7.88. The van der Waals surface area contributed by atoms with E-state index in [0.717, 1.165) is 61.2 Å². The highest BCUT2D eigenvalue weighted by atomic mass is 15.0. The van der Waals surface area contributed by atoms with E-state index in [0.29, 0.717) is 23.0 Å². The Morgan fingerprint density at radius 1 is 0.373 bits per heavy atom. The Morgan fingerprint density at radius 3 is 1.27 bits per heavy atom. The van der Waals surface area contributed by atoms with Gasteiger partial charge in [0, 0.05) is 46.9 Å². The Kier molecular flexibility index (Phi) is 8.77. The molecule has 1 aliphatic carbocycles. The van der Waals surface area contributed by atoms with E-state index in [4.69, 9.17) is 15.0 Å². The molecule has 0 saturated carbocycles. The van der Waals surface area contributed by atoms with Crippen LogP contribution in [0.4, 0.5) is 0 Å². The fourth-order valence-corrected chi connectivity index (χ4v) is 8.23. The summed E-state index contributed by atoms with van der Waals surface area (Å²) in [7, 11) is 0. The van der Waals surface area contributed by atoms with E-state index < -0.39 is 0 Å². The van der Waals surface area contributed by atoms with Gasteiger partial charge in [0.1, 0.15) is 0 Å². The smallest absolute Gasteiger partial charge is 0.164 e. The van der Waals surface area contributed by atoms with Crippen LogP contribution < -0.4 is 0 Å². The van der Waals surface area contributed by atoms with Crippen molar-refractivity contribution in [3.63, 3.8) is 0 Å². The first-order valence-electron chi connectivity index (χ1n) is 19.6. The van der Waals surface area contributed by atoms with Crippen LogP contribution in [0, 0.1) is 11.3 Å². The first kappa shape index (κ1) is 35.5. The maximum absolute atomic E-state index is 9.75. The van der Waals surface area contributed by atoms with Crippen molar-refractivity contribution < 1.29 is 0 Å². The molecule has 0 bridgehead atoms. The second kappa shape index (κ2) is 14.6. The van der Waals surface area contributed by atoms with Gasteiger partial charge in [-0.25, -0.2) is 15.0 Å². The SMILES string of the molecule is CC1(C)c2cc(C#N)ccc2-c2ccc(-c3cc(-c4cc(-c5ccncc5)cc(-c5ccncc5)c4)cc(-c4nc(-c5ccccc5)nc(-c5ccccc5)n4)c3)cc21. The molecule has 0 N–H and O–H groups in total. The molecule has 0 aliphatic heterocycles. The highest BCUT2D eigenvalue weighted by molar-refractivity contribution is 5.88. The number of benzene rings is 6. The van der Waals surface area contributed by atoms with Crippen LogP contribution >= 0.6 is 0 Å². The third kappa shape index (κ3) is 6.65. The van der Waals surface area contributed by atoms with E-state index in [1.165, 1.54) is 22.3 Å². The average Bonchev–Trinajstić information content (AvgIpc) is 3.54. The number of aromatic nitrogens is 5. The zero-order valence-corrected chi connectivity index (χ0v) is 32.5. The van der Waals surface area contributed by atoms with Crippen molar-refractivity contribution in [3.8, 4) is 95.9 Å². The minimum absolute atomic E-state index is 0.296. The monoisotopic (exact) mass is 756 g/mol. The van der Waals surface area contributed by atoms with Crippen molar-refractivity contribution in [2.45, 2.75) is 19.3 Å². The van der Waals surface area contributed by atoms with E-state index in [9.17, 15) is 5.26 Å². The molecule has 0 spiro atoms. The maximum Gasteiger partial charge on any atom is 0.164 e. The van der Waals surface area contributed by atoms with Gasteiger partial charge in [-0.2, -0.15) is 5.26 Å². The van der Waals surface area contributed by atoms with Gasteiger partial charge in [-0.15, -0.1) is 0 Å². The second-order valence-corrected chi connectivity index (χ2v) is 15.4. The molecule has 0 saturated heterocycles. The predicted molar refractivity (Wildman–Crippen MR) is 236 cm³/mol. The number of fused-ring (bicyclic) bond motifs is 3. The van der Waals surface area contributed by atoms with Crippen LogP contribution in [0.15, 0.2) is 183 Å². The summed E-state index contributed by atoms with van der Waals surface area (Å²) >= 11 is 0. The van der Waals surface area contributed by atoms with Gasteiger partial charge in [0.2, 0.25) is 0 Å². The van der Waals surface area contributed by atoms with Crippen LogP contribution in [0.25, 0.3) is 89.8 Å². The second-order valence-electron chi connectivity index (χ2n) is 15.4. The molecule has 0 radical (unpaired) electrons. The average molecular weight is 757 g/mol. The summed E-state index contributed by atoms with van der Waals surface area (Å²) in [5, 5.41) is 9.75. The number of hydrogen-bond acceptors (Lipinski definition) is 6. The molecule has 3 heterocycles. The molecule has 6 nitrogen and oxygen atoms in total. The molecule has 0 unspecified atom stereocenters. The van der Waals surface area contributed by atoms with Gasteiger partial charge in [-0.3, -0.25) is 9.97 Å². The number of pyridine rings is 2. The first-order valence-corrected chi connectivity index (χ1v) is 19.6. The Bertz CT molecular complexity index is 2800. The van der Waals surface area contributed by atoms with E-state index in [1.807, 2.05) is 122 Å². The largest absolute Gasteiger partial charge is 0.265 e. The Balaban J connectivity index is 1.21. The molecular formula is C53H36N6. The topological polar surface area (TPSA) is 88.2 Å². The van der Waals surface area contributed by atoms with Crippen molar-refractivity contribution in [1.82, 2.24) is 24.9 Å². The molecule has 10 rings (SSSR count).